The van der Waals surface area contributed by atoms with E-state index in [1.54, 1.807) is 0 Å². The van der Waals surface area contributed by atoms with Crippen molar-refractivity contribution in [2.24, 2.45) is 0 Å². The van der Waals surface area contributed by atoms with Gasteiger partial charge in [-0.2, -0.15) is 12.6 Å². The summed E-state index contributed by atoms with van der Waals surface area (Å²) in [5, 5.41) is 0. The van der Waals surface area contributed by atoms with E-state index in [9.17, 15) is 4.79 Å². The number of unbranched alkanes of at least 4 members (excludes halogenated alkanes) is 4. The highest BCUT2D eigenvalue weighted by molar-refractivity contribution is 7.80. The van der Waals surface area contributed by atoms with E-state index in [0.717, 1.165) is 18.6 Å². The van der Waals surface area contributed by atoms with Crippen LogP contribution in [0.2, 0.25) is 0 Å². The second-order valence-electron chi connectivity index (χ2n) is 3.07. The second kappa shape index (κ2) is 9.90. The number of esters is 1. The molecule has 13 heavy (non-hydrogen) atoms. The second-order valence-corrected chi connectivity index (χ2v) is 3.51. The van der Waals surface area contributed by atoms with E-state index in [2.05, 4.69) is 12.6 Å². The maximum Gasteiger partial charge on any atom is 0.305 e. The average molecular weight is 204 g/mol. The van der Waals surface area contributed by atoms with Gasteiger partial charge in [-0.3, -0.25) is 4.79 Å². The molecule has 0 aromatic rings. The highest BCUT2D eigenvalue weighted by atomic mass is 32.1. The summed E-state index contributed by atoms with van der Waals surface area (Å²) in [4.78, 5) is 10.7. The van der Waals surface area contributed by atoms with Crippen molar-refractivity contribution in [2.45, 2.75) is 45.4 Å². The van der Waals surface area contributed by atoms with Crippen molar-refractivity contribution in [2.75, 3.05) is 12.4 Å². The van der Waals surface area contributed by atoms with E-state index in [4.69, 9.17) is 4.74 Å². The predicted octanol–water partition coefficient (Wildman–Crippen LogP) is 2.82. The molecule has 0 atom stereocenters. The zero-order valence-electron chi connectivity index (χ0n) is 8.42. The van der Waals surface area contributed by atoms with Gasteiger partial charge in [-0.15, -0.1) is 0 Å². The first-order chi connectivity index (χ1) is 6.31. The Morgan fingerprint density at radius 3 is 2.38 bits per heavy atom. The molecule has 3 heteroatoms. The zero-order chi connectivity index (χ0) is 9.94. The maximum atomic E-state index is 10.7. The Bertz CT molecular complexity index is 126. The molecule has 0 fully saturated rings. The van der Waals surface area contributed by atoms with Gasteiger partial charge in [0.05, 0.1) is 6.61 Å². The highest BCUT2D eigenvalue weighted by Gasteiger charge is 1.96. The van der Waals surface area contributed by atoms with Crippen LogP contribution in [0, 0.1) is 0 Å². The van der Waals surface area contributed by atoms with E-state index in [1.165, 1.54) is 19.3 Å². The minimum atomic E-state index is -0.0876. The summed E-state index contributed by atoms with van der Waals surface area (Å²) in [6, 6.07) is 0. The standard InChI is InChI=1S/C10H20O2S/c1-2-10(11)12-8-6-4-3-5-7-9-13/h13H,2-9H2,1H3. The maximum absolute atomic E-state index is 10.7. The molecule has 0 saturated carbocycles. The van der Waals surface area contributed by atoms with Gasteiger partial charge in [-0.05, 0) is 18.6 Å². The van der Waals surface area contributed by atoms with Gasteiger partial charge in [-0.25, -0.2) is 0 Å². The molecule has 0 aromatic heterocycles. The van der Waals surface area contributed by atoms with Crippen LogP contribution in [-0.4, -0.2) is 18.3 Å². The number of hydrogen-bond acceptors (Lipinski definition) is 3. The van der Waals surface area contributed by atoms with Gasteiger partial charge in [0.1, 0.15) is 0 Å². The van der Waals surface area contributed by atoms with E-state index in [0.29, 0.717) is 13.0 Å². The molecular formula is C10H20O2S. The van der Waals surface area contributed by atoms with Crippen LogP contribution in [0.15, 0.2) is 0 Å². The van der Waals surface area contributed by atoms with Crippen molar-refractivity contribution < 1.29 is 9.53 Å². The topological polar surface area (TPSA) is 26.3 Å². The quantitative estimate of drug-likeness (QED) is 0.374. The van der Waals surface area contributed by atoms with Gasteiger partial charge in [0, 0.05) is 6.42 Å². The Hall–Kier alpha value is -0.180. The Labute approximate surface area is 86.5 Å². The summed E-state index contributed by atoms with van der Waals surface area (Å²) in [6.45, 7) is 2.41. The molecule has 0 amide bonds. The molecule has 0 aliphatic rings. The summed E-state index contributed by atoms with van der Waals surface area (Å²) in [5.74, 6) is 0.889. The van der Waals surface area contributed by atoms with Gasteiger partial charge in [0.2, 0.25) is 0 Å². The number of ether oxygens (including phenoxy) is 1. The smallest absolute Gasteiger partial charge is 0.305 e. The van der Waals surface area contributed by atoms with Crippen LogP contribution in [-0.2, 0) is 9.53 Å². The lowest BCUT2D eigenvalue weighted by Gasteiger charge is -2.02. The fourth-order valence-electron chi connectivity index (χ4n) is 1.03. The van der Waals surface area contributed by atoms with Crippen molar-refractivity contribution in [3.63, 3.8) is 0 Å². The lowest BCUT2D eigenvalue weighted by molar-refractivity contribution is -0.143. The first-order valence-corrected chi connectivity index (χ1v) is 5.71. The lowest BCUT2D eigenvalue weighted by atomic mass is 10.2. The minimum Gasteiger partial charge on any atom is -0.466 e. The molecule has 0 spiro atoms. The molecule has 0 bridgehead atoms. The third kappa shape index (κ3) is 9.74. The van der Waals surface area contributed by atoms with Gasteiger partial charge in [-0.1, -0.05) is 26.2 Å². The van der Waals surface area contributed by atoms with Crippen molar-refractivity contribution >= 4 is 18.6 Å². The first kappa shape index (κ1) is 12.8. The molecule has 0 saturated heterocycles. The third-order valence-electron chi connectivity index (χ3n) is 1.85. The van der Waals surface area contributed by atoms with Gasteiger partial charge in [0.25, 0.3) is 0 Å². The summed E-state index contributed by atoms with van der Waals surface area (Å²) in [7, 11) is 0. The summed E-state index contributed by atoms with van der Waals surface area (Å²) in [6.07, 6.45) is 6.30. The molecule has 0 N–H and O–H groups in total. The Morgan fingerprint density at radius 1 is 1.15 bits per heavy atom. The van der Waals surface area contributed by atoms with E-state index >= 15 is 0 Å². The van der Waals surface area contributed by atoms with Crippen LogP contribution in [0.1, 0.15) is 45.4 Å². The number of carbonyl (C=O) groups is 1. The molecule has 0 rings (SSSR count). The molecule has 0 aromatic carbocycles. The molecule has 78 valence electrons. The zero-order valence-corrected chi connectivity index (χ0v) is 9.31. The SMILES string of the molecule is CCC(=O)OCCCCCCCS. The summed E-state index contributed by atoms with van der Waals surface area (Å²) >= 11 is 4.13. The van der Waals surface area contributed by atoms with Crippen molar-refractivity contribution in [3.8, 4) is 0 Å². The molecule has 0 aliphatic carbocycles. The minimum absolute atomic E-state index is 0.0876. The fourth-order valence-corrected chi connectivity index (χ4v) is 1.26. The van der Waals surface area contributed by atoms with E-state index in [-0.39, 0.29) is 5.97 Å². The Kier molecular flexibility index (Phi) is 9.77. The summed E-state index contributed by atoms with van der Waals surface area (Å²) < 4.78 is 4.94. The van der Waals surface area contributed by atoms with Crippen molar-refractivity contribution in [1.29, 1.82) is 0 Å². The Morgan fingerprint density at radius 2 is 1.77 bits per heavy atom. The van der Waals surface area contributed by atoms with Gasteiger partial charge >= 0.3 is 5.97 Å². The summed E-state index contributed by atoms with van der Waals surface area (Å²) in [5.41, 5.74) is 0. The predicted molar refractivity (Wildman–Crippen MR) is 58.2 cm³/mol. The van der Waals surface area contributed by atoms with E-state index < -0.39 is 0 Å². The van der Waals surface area contributed by atoms with Crippen LogP contribution in [0.4, 0.5) is 0 Å². The monoisotopic (exact) mass is 204 g/mol. The highest BCUT2D eigenvalue weighted by Crippen LogP contribution is 2.03. The van der Waals surface area contributed by atoms with Gasteiger partial charge in [0.15, 0.2) is 0 Å². The van der Waals surface area contributed by atoms with Crippen molar-refractivity contribution in [1.82, 2.24) is 0 Å². The van der Waals surface area contributed by atoms with Crippen LogP contribution in [0.5, 0.6) is 0 Å². The number of carbonyl (C=O) groups excluding carboxylic acids is 1. The van der Waals surface area contributed by atoms with Gasteiger partial charge < -0.3 is 4.74 Å². The first-order valence-electron chi connectivity index (χ1n) is 5.07. The largest absolute Gasteiger partial charge is 0.466 e. The number of thiol groups is 1. The molecular weight excluding hydrogens is 184 g/mol. The van der Waals surface area contributed by atoms with Crippen LogP contribution in [0.3, 0.4) is 0 Å². The molecule has 2 nitrogen and oxygen atoms in total. The molecule has 0 unspecified atom stereocenters. The molecule has 0 heterocycles. The van der Waals surface area contributed by atoms with Crippen LogP contribution < -0.4 is 0 Å². The average Bonchev–Trinajstić information content (AvgIpc) is 2.16. The van der Waals surface area contributed by atoms with Crippen LogP contribution in [0.25, 0.3) is 0 Å². The number of hydrogen-bond donors (Lipinski definition) is 1. The molecule has 0 aliphatic heterocycles. The number of rotatable bonds is 8. The molecule has 0 radical (unpaired) electrons. The van der Waals surface area contributed by atoms with E-state index in [1.807, 2.05) is 6.92 Å². The van der Waals surface area contributed by atoms with Crippen LogP contribution >= 0.6 is 12.6 Å². The normalized spacial score (nSPS) is 10.0. The fraction of sp³-hybridized carbons (Fsp3) is 0.900. The van der Waals surface area contributed by atoms with Crippen molar-refractivity contribution in [3.05, 3.63) is 0 Å². The third-order valence-corrected chi connectivity index (χ3v) is 2.17. The lowest BCUT2D eigenvalue weighted by Crippen LogP contribution is -2.03. The Balaban J connectivity index is 2.95.